The second-order valence-corrected chi connectivity index (χ2v) is 17.6. The van der Waals surface area contributed by atoms with Crippen LogP contribution < -0.4 is 0 Å². The molecule has 66 heavy (non-hydrogen) atoms. The number of nitrogens with zero attached hydrogens (tertiary/aromatic N) is 3. The zero-order valence-corrected chi connectivity index (χ0v) is 35.7. The van der Waals surface area contributed by atoms with Gasteiger partial charge in [-0.15, -0.1) is 0 Å². The maximum Gasteiger partial charge on any atom is 0.160 e. The summed E-state index contributed by atoms with van der Waals surface area (Å²) in [5.74, 6) is 0.683. The topological polar surface area (TPSA) is 38.7 Å². The summed E-state index contributed by atoms with van der Waals surface area (Å²) < 4.78 is 0. The lowest BCUT2D eigenvalue weighted by Gasteiger charge is -2.18. The summed E-state index contributed by atoms with van der Waals surface area (Å²) in [4.78, 5) is 15.2. The second kappa shape index (κ2) is 14.4. The van der Waals surface area contributed by atoms with Gasteiger partial charge in [-0.1, -0.05) is 188 Å². The molecule has 0 saturated carbocycles. The predicted octanol–water partition coefficient (Wildman–Crippen LogP) is 16.8. The maximum absolute atomic E-state index is 5.41. The molecule has 0 bridgehead atoms. The van der Waals surface area contributed by atoms with Gasteiger partial charge >= 0.3 is 0 Å². The van der Waals surface area contributed by atoms with Crippen LogP contribution in [-0.2, 0) is 0 Å². The first-order chi connectivity index (χ1) is 32.7. The Morgan fingerprint density at radius 2 is 0.712 bits per heavy atom. The average Bonchev–Trinajstić information content (AvgIpc) is 3.39. The normalized spacial score (nSPS) is 11.9. The lowest BCUT2D eigenvalue weighted by atomic mass is 9.86. The molecule has 0 amide bonds. The van der Waals surface area contributed by atoms with E-state index >= 15 is 0 Å². The van der Waals surface area contributed by atoms with Gasteiger partial charge in [-0.2, -0.15) is 0 Å². The van der Waals surface area contributed by atoms with Crippen LogP contribution in [0.4, 0.5) is 0 Å². The smallest absolute Gasteiger partial charge is 0.160 e. The lowest BCUT2D eigenvalue weighted by molar-refractivity contribution is 1.18. The molecular formula is C63H37N3. The van der Waals surface area contributed by atoms with Crippen LogP contribution in [0, 0.1) is 0 Å². The number of benzene rings is 12. The van der Waals surface area contributed by atoms with E-state index < -0.39 is 0 Å². The van der Waals surface area contributed by atoms with Crippen LogP contribution >= 0.6 is 0 Å². The molecule has 2 heterocycles. The van der Waals surface area contributed by atoms with E-state index in [0.29, 0.717) is 5.82 Å². The molecule has 0 spiro atoms. The van der Waals surface area contributed by atoms with E-state index in [1.807, 2.05) is 18.5 Å². The third kappa shape index (κ3) is 5.73. The van der Waals surface area contributed by atoms with E-state index in [1.54, 1.807) is 0 Å². The van der Waals surface area contributed by atoms with Gasteiger partial charge in [0.1, 0.15) is 0 Å². The molecule has 3 heteroatoms. The molecule has 12 aromatic carbocycles. The first kappa shape index (κ1) is 36.7. The molecule has 0 aliphatic heterocycles. The van der Waals surface area contributed by atoms with Gasteiger partial charge in [0.05, 0.1) is 11.4 Å². The summed E-state index contributed by atoms with van der Waals surface area (Å²) in [7, 11) is 0. The highest BCUT2D eigenvalue weighted by atomic mass is 14.9. The Morgan fingerprint density at radius 1 is 0.242 bits per heavy atom. The molecule has 14 rings (SSSR count). The lowest BCUT2D eigenvalue weighted by Crippen LogP contribution is -1.97. The molecule has 14 aromatic rings. The van der Waals surface area contributed by atoms with Crippen LogP contribution in [0.15, 0.2) is 225 Å². The average molecular weight is 836 g/mol. The van der Waals surface area contributed by atoms with E-state index in [2.05, 4.69) is 211 Å². The van der Waals surface area contributed by atoms with Gasteiger partial charge in [-0.3, -0.25) is 4.98 Å². The first-order valence-electron chi connectivity index (χ1n) is 22.6. The van der Waals surface area contributed by atoms with Crippen LogP contribution in [0.3, 0.4) is 0 Å². The minimum absolute atomic E-state index is 0.683. The summed E-state index contributed by atoms with van der Waals surface area (Å²) in [5.41, 5.74) is 11.6. The standard InChI is InChI=1S/C63H37N3/c1-2-8-46(9-3-1)63-65-57(39-18-16-38(17-19-39)56-37-64-36-47-10-4-5-15-51(47)56)35-58(66-63)50-33-48(52-28-24-44-22-20-40-11-6-13-42-26-30-54(52)61(44)59(40)42)32-49(34-50)53-29-25-45-23-21-41-12-7-14-43-27-31-55(53)62(45)60(41)43/h1-37H. The highest BCUT2D eigenvalue weighted by Gasteiger charge is 2.19. The molecule has 0 aliphatic rings. The Morgan fingerprint density at radius 3 is 1.32 bits per heavy atom. The van der Waals surface area contributed by atoms with Crippen molar-refractivity contribution in [1.29, 1.82) is 0 Å². The van der Waals surface area contributed by atoms with E-state index in [0.717, 1.165) is 55.7 Å². The summed E-state index contributed by atoms with van der Waals surface area (Å²) >= 11 is 0. The van der Waals surface area contributed by atoms with Crippen molar-refractivity contribution < 1.29 is 0 Å². The number of hydrogen-bond donors (Lipinski definition) is 0. The molecular weight excluding hydrogens is 799 g/mol. The van der Waals surface area contributed by atoms with Crippen LogP contribution in [0.2, 0.25) is 0 Å². The Bertz CT molecular complexity index is 4010. The largest absolute Gasteiger partial charge is 0.263 e. The number of pyridine rings is 1. The van der Waals surface area contributed by atoms with Crippen molar-refractivity contribution in [1.82, 2.24) is 15.0 Å². The van der Waals surface area contributed by atoms with E-state index in [9.17, 15) is 0 Å². The van der Waals surface area contributed by atoms with E-state index in [-0.39, 0.29) is 0 Å². The summed E-state index contributed by atoms with van der Waals surface area (Å²) in [6, 6.07) is 77.4. The Hall–Kier alpha value is -8.79. The Labute approximate surface area is 380 Å². The van der Waals surface area contributed by atoms with Crippen LogP contribution in [-0.4, -0.2) is 15.0 Å². The number of rotatable bonds is 6. The zero-order valence-electron chi connectivity index (χ0n) is 35.7. The SMILES string of the molecule is c1ccc(-c2nc(-c3ccc(-c4cncc5ccccc45)cc3)cc(-c3cc(-c4ccc5ccc6cccc7ccc4c5c67)cc(-c4ccc5ccc6cccc7ccc4c5c67)c3)n2)cc1. The van der Waals surface area contributed by atoms with E-state index in [4.69, 9.17) is 9.97 Å². The third-order valence-electron chi connectivity index (χ3n) is 13.8. The van der Waals surface area contributed by atoms with Crippen LogP contribution in [0.25, 0.3) is 143 Å². The zero-order chi connectivity index (χ0) is 43.3. The summed E-state index contributed by atoms with van der Waals surface area (Å²) in [6.07, 6.45) is 3.88. The van der Waals surface area contributed by atoms with Gasteiger partial charge in [0.25, 0.3) is 0 Å². The molecule has 0 N–H and O–H groups in total. The molecule has 0 atom stereocenters. The summed E-state index contributed by atoms with van der Waals surface area (Å²) in [5, 5.41) is 17.5. The van der Waals surface area contributed by atoms with Gasteiger partial charge < -0.3 is 0 Å². The van der Waals surface area contributed by atoms with Crippen molar-refractivity contribution in [3.05, 3.63) is 225 Å². The molecule has 2 aromatic heterocycles. The first-order valence-corrected chi connectivity index (χ1v) is 22.6. The fraction of sp³-hybridized carbons (Fsp3) is 0. The van der Waals surface area contributed by atoms with Gasteiger partial charge in [-0.25, -0.2) is 9.97 Å². The number of aromatic nitrogens is 3. The predicted molar refractivity (Wildman–Crippen MR) is 277 cm³/mol. The molecule has 0 saturated heterocycles. The van der Waals surface area contributed by atoms with Crippen LogP contribution in [0.1, 0.15) is 0 Å². The fourth-order valence-electron chi connectivity index (χ4n) is 10.7. The molecule has 3 nitrogen and oxygen atoms in total. The molecule has 0 fully saturated rings. The van der Waals surface area contributed by atoms with Crippen LogP contribution in [0.5, 0.6) is 0 Å². The highest BCUT2D eigenvalue weighted by molar-refractivity contribution is 6.27. The molecule has 304 valence electrons. The Kier molecular flexibility index (Phi) is 7.98. The van der Waals surface area contributed by atoms with Crippen molar-refractivity contribution in [2.45, 2.75) is 0 Å². The van der Waals surface area contributed by atoms with Crippen molar-refractivity contribution in [2.75, 3.05) is 0 Å². The summed E-state index contributed by atoms with van der Waals surface area (Å²) in [6.45, 7) is 0. The van der Waals surface area contributed by atoms with E-state index in [1.165, 1.54) is 81.1 Å². The van der Waals surface area contributed by atoms with Gasteiger partial charge in [0.15, 0.2) is 5.82 Å². The number of hydrogen-bond acceptors (Lipinski definition) is 3. The van der Waals surface area contributed by atoms with Crippen molar-refractivity contribution in [3.63, 3.8) is 0 Å². The second-order valence-electron chi connectivity index (χ2n) is 17.6. The molecule has 0 aliphatic carbocycles. The maximum atomic E-state index is 5.41. The highest BCUT2D eigenvalue weighted by Crippen LogP contribution is 2.44. The van der Waals surface area contributed by atoms with Crippen molar-refractivity contribution in [2.24, 2.45) is 0 Å². The van der Waals surface area contributed by atoms with Crippen molar-refractivity contribution in [3.8, 4) is 67.3 Å². The minimum Gasteiger partial charge on any atom is -0.263 e. The Balaban J connectivity index is 1.01. The number of fused-ring (bicyclic) bond motifs is 1. The third-order valence-corrected chi connectivity index (χ3v) is 13.8. The van der Waals surface area contributed by atoms with Crippen molar-refractivity contribution >= 4 is 75.4 Å². The van der Waals surface area contributed by atoms with Gasteiger partial charge in [0, 0.05) is 40.0 Å². The quantitative estimate of drug-likeness (QED) is 0.157. The molecule has 0 unspecified atom stereocenters. The minimum atomic E-state index is 0.683. The fourth-order valence-corrected chi connectivity index (χ4v) is 10.7. The van der Waals surface area contributed by atoms with Gasteiger partial charge in [-0.05, 0) is 122 Å². The van der Waals surface area contributed by atoms with Gasteiger partial charge in [0.2, 0.25) is 0 Å². The molecule has 0 radical (unpaired) electrons. The monoisotopic (exact) mass is 835 g/mol.